The molecule has 1 heterocycles. The molecule has 1 aromatic heterocycles. The van der Waals surface area contributed by atoms with Gasteiger partial charge < -0.3 is 5.32 Å². The normalized spacial score (nSPS) is 10.4. The SMILES string of the molecule is Cc1cc(NCc2ccc(Br)c(F)c2)cnc1Cl. The maximum atomic E-state index is 13.3. The molecule has 2 rings (SSSR count). The molecular formula is C13H11BrClFN2. The van der Waals surface area contributed by atoms with Crippen LogP contribution in [0, 0.1) is 12.7 Å². The van der Waals surface area contributed by atoms with E-state index in [1.807, 2.05) is 19.1 Å². The molecule has 0 fully saturated rings. The molecule has 0 aliphatic heterocycles. The number of nitrogens with one attached hydrogen (secondary N) is 1. The first kappa shape index (κ1) is 13.3. The van der Waals surface area contributed by atoms with Gasteiger partial charge in [-0.3, -0.25) is 0 Å². The molecule has 1 aromatic carbocycles. The standard InChI is InChI=1S/C13H11BrClFN2/c1-8-4-10(7-18-13(8)15)17-6-9-2-3-11(14)12(16)5-9/h2-5,7,17H,6H2,1H3. The van der Waals surface area contributed by atoms with Gasteiger partial charge in [-0.15, -0.1) is 0 Å². The second-order valence-corrected chi connectivity index (χ2v) is 5.15. The van der Waals surface area contributed by atoms with Gasteiger partial charge in [0.15, 0.2) is 0 Å². The Kier molecular flexibility index (Phi) is 4.19. The molecule has 0 spiro atoms. The lowest BCUT2D eigenvalue weighted by molar-refractivity contribution is 0.619. The van der Waals surface area contributed by atoms with E-state index in [1.165, 1.54) is 6.07 Å². The number of benzene rings is 1. The molecule has 0 atom stereocenters. The average molecular weight is 330 g/mol. The number of pyridine rings is 1. The van der Waals surface area contributed by atoms with E-state index in [1.54, 1.807) is 12.3 Å². The van der Waals surface area contributed by atoms with E-state index in [0.717, 1.165) is 16.8 Å². The van der Waals surface area contributed by atoms with E-state index < -0.39 is 0 Å². The summed E-state index contributed by atoms with van der Waals surface area (Å²) in [6.45, 7) is 2.42. The van der Waals surface area contributed by atoms with E-state index in [0.29, 0.717) is 16.2 Å². The number of aryl methyl sites for hydroxylation is 1. The van der Waals surface area contributed by atoms with Crippen LogP contribution in [0.2, 0.25) is 5.15 Å². The van der Waals surface area contributed by atoms with Crippen LogP contribution in [0.25, 0.3) is 0 Å². The maximum absolute atomic E-state index is 13.3. The van der Waals surface area contributed by atoms with Crippen molar-refractivity contribution in [1.82, 2.24) is 4.98 Å². The molecule has 0 saturated heterocycles. The van der Waals surface area contributed by atoms with Gasteiger partial charge in [-0.1, -0.05) is 17.7 Å². The summed E-state index contributed by atoms with van der Waals surface area (Å²) in [6.07, 6.45) is 1.66. The molecule has 2 nitrogen and oxygen atoms in total. The fourth-order valence-corrected chi connectivity index (χ4v) is 1.86. The third kappa shape index (κ3) is 3.21. The van der Waals surface area contributed by atoms with Crippen molar-refractivity contribution in [1.29, 1.82) is 0 Å². The Morgan fingerprint density at radius 3 is 2.83 bits per heavy atom. The molecule has 1 N–H and O–H groups in total. The molecule has 0 saturated carbocycles. The molecule has 94 valence electrons. The van der Waals surface area contributed by atoms with Crippen molar-refractivity contribution in [2.45, 2.75) is 13.5 Å². The number of hydrogen-bond acceptors (Lipinski definition) is 2. The van der Waals surface area contributed by atoms with Crippen molar-refractivity contribution in [3.8, 4) is 0 Å². The highest BCUT2D eigenvalue weighted by Gasteiger charge is 2.02. The van der Waals surface area contributed by atoms with Crippen molar-refractivity contribution in [3.05, 3.63) is 57.0 Å². The molecule has 0 aliphatic carbocycles. The van der Waals surface area contributed by atoms with E-state index in [9.17, 15) is 4.39 Å². The summed E-state index contributed by atoms with van der Waals surface area (Å²) in [4.78, 5) is 4.04. The lowest BCUT2D eigenvalue weighted by Gasteiger charge is -2.08. The topological polar surface area (TPSA) is 24.9 Å². The van der Waals surface area contributed by atoms with Gasteiger partial charge in [0.1, 0.15) is 11.0 Å². The summed E-state index contributed by atoms with van der Waals surface area (Å²) in [6, 6.07) is 6.95. The summed E-state index contributed by atoms with van der Waals surface area (Å²) in [5, 5.41) is 3.67. The van der Waals surface area contributed by atoms with Gasteiger partial charge in [0.2, 0.25) is 0 Å². The minimum atomic E-state index is -0.264. The number of rotatable bonds is 3. The van der Waals surface area contributed by atoms with Crippen molar-refractivity contribution in [2.24, 2.45) is 0 Å². The maximum Gasteiger partial charge on any atom is 0.137 e. The second kappa shape index (κ2) is 5.67. The van der Waals surface area contributed by atoms with Crippen LogP contribution < -0.4 is 5.32 Å². The Morgan fingerprint density at radius 1 is 1.39 bits per heavy atom. The lowest BCUT2D eigenvalue weighted by atomic mass is 10.2. The van der Waals surface area contributed by atoms with Crippen LogP contribution in [0.3, 0.4) is 0 Å². The van der Waals surface area contributed by atoms with Gasteiger partial charge in [0.05, 0.1) is 16.4 Å². The van der Waals surface area contributed by atoms with E-state index in [-0.39, 0.29) is 5.82 Å². The highest BCUT2D eigenvalue weighted by molar-refractivity contribution is 9.10. The van der Waals surface area contributed by atoms with Crippen LogP contribution in [-0.4, -0.2) is 4.98 Å². The second-order valence-electron chi connectivity index (χ2n) is 3.93. The van der Waals surface area contributed by atoms with Gasteiger partial charge in [-0.25, -0.2) is 9.37 Å². The van der Waals surface area contributed by atoms with Crippen LogP contribution in [-0.2, 0) is 6.54 Å². The monoisotopic (exact) mass is 328 g/mol. The molecule has 0 radical (unpaired) electrons. The quantitative estimate of drug-likeness (QED) is 0.835. The first-order valence-electron chi connectivity index (χ1n) is 5.36. The summed E-state index contributed by atoms with van der Waals surface area (Å²) in [5.74, 6) is -0.264. The van der Waals surface area contributed by atoms with Crippen LogP contribution in [0.5, 0.6) is 0 Å². The Morgan fingerprint density at radius 2 is 2.17 bits per heavy atom. The number of halogens is 3. The predicted octanol–water partition coefficient (Wildman–Crippen LogP) is 4.56. The molecule has 18 heavy (non-hydrogen) atoms. The zero-order chi connectivity index (χ0) is 13.1. The van der Waals surface area contributed by atoms with Crippen molar-refractivity contribution in [3.63, 3.8) is 0 Å². The highest BCUT2D eigenvalue weighted by atomic mass is 79.9. The van der Waals surface area contributed by atoms with Crippen LogP contribution in [0.15, 0.2) is 34.9 Å². The zero-order valence-electron chi connectivity index (χ0n) is 9.67. The minimum Gasteiger partial charge on any atom is -0.380 e. The van der Waals surface area contributed by atoms with E-state index in [2.05, 4.69) is 26.2 Å². The first-order chi connectivity index (χ1) is 8.56. The van der Waals surface area contributed by atoms with Gasteiger partial charge in [0.25, 0.3) is 0 Å². The first-order valence-corrected chi connectivity index (χ1v) is 6.53. The molecule has 0 bridgehead atoms. The number of anilines is 1. The fraction of sp³-hybridized carbons (Fsp3) is 0.154. The number of aromatic nitrogens is 1. The average Bonchev–Trinajstić information content (AvgIpc) is 2.35. The Hall–Kier alpha value is -1.13. The van der Waals surface area contributed by atoms with Crippen molar-refractivity contribution >= 4 is 33.2 Å². The van der Waals surface area contributed by atoms with Crippen LogP contribution >= 0.6 is 27.5 Å². The summed E-state index contributed by atoms with van der Waals surface area (Å²) >= 11 is 8.97. The fourth-order valence-electron chi connectivity index (χ4n) is 1.51. The molecule has 0 aliphatic rings. The number of hydrogen-bond donors (Lipinski definition) is 1. The zero-order valence-corrected chi connectivity index (χ0v) is 12.0. The van der Waals surface area contributed by atoms with Gasteiger partial charge >= 0.3 is 0 Å². The Labute approximate surface area is 118 Å². The van der Waals surface area contributed by atoms with Gasteiger partial charge in [-0.2, -0.15) is 0 Å². The minimum absolute atomic E-state index is 0.264. The lowest BCUT2D eigenvalue weighted by Crippen LogP contribution is -2.01. The van der Waals surface area contributed by atoms with Gasteiger partial charge in [0, 0.05) is 6.54 Å². The number of nitrogens with zero attached hydrogens (tertiary/aromatic N) is 1. The third-order valence-corrected chi connectivity index (χ3v) is 3.53. The van der Waals surface area contributed by atoms with Gasteiger partial charge in [-0.05, 0) is 52.2 Å². The van der Waals surface area contributed by atoms with Crippen LogP contribution in [0.4, 0.5) is 10.1 Å². The molecule has 2 aromatic rings. The smallest absolute Gasteiger partial charge is 0.137 e. The van der Waals surface area contributed by atoms with Crippen molar-refractivity contribution < 1.29 is 4.39 Å². The summed E-state index contributed by atoms with van der Waals surface area (Å²) < 4.78 is 13.8. The predicted molar refractivity (Wildman–Crippen MR) is 75.4 cm³/mol. The molecular weight excluding hydrogens is 319 g/mol. The molecule has 0 unspecified atom stereocenters. The van der Waals surface area contributed by atoms with E-state index >= 15 is 0 Å². The summed E-state index contributed by atoms with van der Waals surface area (Å²) in [7, 11) is 0. The van der Waals surface area contributed by atoms with Crippen LogP contribution in [0.1, 0.15) is 11.1 Å². The molecule has 0 amide bonds. The summed E-state index contributed by atoms with van der Waals surface area (Å²) in [5.41, 5.74) is 2.63. The Balaban J connectivity index is 2.06. The van der Waals surface area contributed by atoms with E-state index in [4.69, 9.17) is 11.6 Å². The largest absolute Gasteiger partial charge is 0.380 e. The van der Waals surface area contributed by atoms with Crippen molar-refractivity contribution in [2.75, 3.05) is 5.32 Å². The highest BCUT2D eigenvalue weighted by Crippen LogP contribution is 2.19. The third-order valence-electron chi connectivity index (χ3n) is 2.50. The Bertz CT molecular complexity index is 523. The molecule has 5 heteroatoms.